The van der Waals surface area contributed by atoms with E-state index in [0.29, 0.717) is 18.7 Å². The van der Waals surface area contributed by atoms with Crippen LogP contribution >= 0.6 is 15.9 Å². The largest absolute Gasteiger partial charge is 0.395 e. The van der Waals surface area contributed by atoms with Gasteiger partial charge in [-0.15, -0.1) is 0 Å². The highest BCUT2D eigenvalue weighted by Crippen LogP contribution is 2.24. The van der Waals surface area contributed by atoms with E-state index >= 15 is 0 Å². The third kappa shape index (κ3) is 3.69. The number of aliphatic hydroxyl groups excluding tert-OH is 2. The molecule has 0 spiro atoms. The van der Waals surface area contributed by atoms with Gasteiger partial charge in [0.05, 0.1) is 13.2 Å². The Morgan fingerprint density at radius 1 is 1.29 bits per heavy atom. The molecular formula is C11H16BrN3O2. The summed E-state index contributed by atoms with van der Waals surface area (Å²) in [5.41, 5.74) is 6.85. The fourth-order valence-electron chi connectivity index (χ4n) is 1.59. The van der Waals surface area contributed by atoms with Crippen molar-refractivity contribution in [3.05, 3.63) is 28.2 Å². The van der Waals surface area contributed by atoms with Gasteiger partial charge in [0.1, 0.15) is 5.84 Å². The van der Waals surface area contributed by atoms with Crippen LogP contribution in [0.1, 0.15) is 5.56 Å². The van der Waals surface area contributed by atoms with Gasteiger partial charge in [0.2, 0.25) is 0 Å². The van der Waals surface area contributed by atoms with Gasteiger partial charge in [-0.25, -0.2) is 0 Å². The maximum atomic E-state index is 8.99. The van der Waals surface area contributed by atoms with Crippen LogP contribution in [-0.2, 0) is 0 Å². The number of amidine groups is 1. The summed E-state index contributed by atoms with van der Waals surface area (Å²) in [5, 5.41) is 25.5. The van der Waals surface area contributed by atoms with Gasteiger partial charge in [-0.1, -0.05) is 15.9 Å². The molecule has 0 aliphatic rings. The van der Waals surface area contributed by atoms with E-state index in [1.165, 1.54) is 0 Å². The number of nitrogen functional groups attached to an aromatic ring is 1. The molecule has 1 aromatic carbocycles. The average molecular weight is 302 g/mol. The van der Waals surface area contributed by atoms with Crippen LogP contribution in [0, 0.1) is 5.41 Å². The molecular weight excluding hydrogens is 286 g/mol. The van der Waals surface area contributed by atoms with E-state index in [1.807, 2.05) is 12.1 Å². The number of hydrogen-bond donors (Lipinski definition) is 4. The summed E-state index contributed by atoms with van der Waals surface area (Å²) in [6.07, 6.45) is 0. The van der Waals surface area contributed by atoms with E-state index in [1.54, 1.807) is 11.0 Å². The Kier molecular flexibility index (Phi) is 5.40. The Hall–Kier alpha value is -1.11. The summed E-state index contributed by atoms with van der Waals surface area (Å²) in [6, 6.07) is 5.40. The Labute approximate surface area is 108 Å². The van der Waals surface area contributed by atoms with Gasteiger partial charge in [-0.2, -0.15) is 0 Å². The van der Waals surface area contributed by atoms with Crippen LogP contribution in [0.25, 0.3) is 0 Å². The normalized spacial score (nSPS) is 10.3. The minimum atomic E-state index is -0.0396. The van der Waals surface area contributed by atoms with Crippen molar-refractivity contribution in [2.24, 2.45) is 5.73 Å². The van der Waals surface area contributed by atoms with Crippen molar-refractivity contribution in [3.63, 3.8) is 0 Å². The van der Waals surface area contributed by atoms with Crippen molar-refractivity contribution in [2.45, 2.75) is 0 Å². The summed E-state index contributed by atoms with van der Waals surface area (Å²) in [6.45, 7) is 0.742. The smallest absolute Gasteiger partial charge is 0.124 e. The molecule has 5 N–H and O–H groups in total. The fourth-order valence-corrected chi connectivity index (χ4v) is 1.95. The Bertz CT molecular complexity index is 392. The van der Waals surface area contributed by atoms with Crippen LogP contribution < -0.4 is 10.6 Å². The molecule has 0 radical (unpaired) electrons. The highest BCUT2D eigenvalue weighted by molar-refractivity contribution is 9.10. The van der Waals surface area contributed by atoms with Gasteiger partial charge in [0, 0.05) is 28.8 Å². The van der Waals surface area contributed by atoms with E-state index in [4.69, 9.17) is 21.4 Å². The quantitative estimate of drug-likeness (QED) is 0.455. The molecule has 0 amide bonds. The number of rotatable bonds is 6. The SMILES string of the molecule is N=C(N)c1cc(Br)ccc1N(CCO)CCO. The molecule has 6 heteroatoms. The summed E-state index contributed by atoms with van der Waals surface area (Å²) in [5.74, 6) is -0.0396. The highest BCUT2D eigenvalue weighted by atomic mass is 79.9. The zero-order chi connectivity index (χ0) is 12.8. The van der Waals surface area contributed by atoms with Crippen LogP contribution in [-0.4, -0.2) is 42.4 Å². The van der Waals surface area contributed by atoms with Gasteiger partial charge < -0.3 is 20.8 Å². The molecule has 0 saturated heterocycles. The van der Waals surface area contributed by atoms with E-state index in [0.717, 1.165) is 10.2 Å². The Morgan fingerprint density at radius 2 is 1.88 bits per heavy atom. The molecule has 5 nitrogen and oxygen atoms in total. The lowest BCUT2D eigenvalue weighted by Crippen LogP contribution is -2.31. The van der Waals surface area contributed by atoms with Gasteiger partial charge in [-0.05, 0) is 18.2 Å². The molecule has 0 bridgehead atoms. The number of hydrogen-bond acceptors (Lipinski definition) is 4. The van der Waals surface area contributed by atoms with Crippen molar-refractivity contribution in [1.82, 2.24) is 0 Å². The number of halogens is 1. The maximum absolute atomic E-state index is 8.99. The Morgan fingerprint density at radius 3 is 2.35 bits per heavy atom. The molecule has 0 aromatic heterocycles. The number of anilines is 1. The fraction of sp³-hybridized carbons (Fsp3) is 0.364. The molecule has 0 fully saturated rings. The van der Waals surface area contributed by atoms with Gasteiger partial charge in [0.15, 0.2) is 0 Å². The first-order chi connectivity index (χ1) is 8.10. The topological polar surface area (TPSA) is 93.6 Å². The summed E-state index contributed by atoms with van der Waals surface area (Å²) >= 11 is 3.32. The molecule has 0 atom stereocenters. The first kappa shape index (κ1) is 14.0. The van der Waals surface area contributed by atoms with Crippen LogP contribution in [0.15, 0.2) is 22.7 Å². The second-order valence-electron chi connectivity index (χ2n) is 3.51. The predicted octanol–water partition coefficient (Wildman–Crippen LogP) is 0.524. The van der Waals surface area contributed by atoms with Crippen molar-refractivity contribution in [3.8, 4) is 0 Å². The Balaban J connectivity index is 3.12. The van der Waals surface area contributed by atoms with Crippen molar-refractivity contribution < 1.29 is 10.2 Å². The molecule has 0 aliphatic carbocycles. The van der Waals surface area contributed by atoms with E-state index < -0.39 is 0 Å². The zero-order valence-corrected chi connectivity index (χ0v) is 10.9. The summed E-state index contributed by atoms with van der Waals surface area (Å²) in [7, 11) is 0. The van der Waals surface area contributed by atoms with Crippen LogP contribution in [0.4, 0.5) is 5.69 Å². The first-order valence-electron chi connectivity index (χ1n) is 5.20. The molecule has 17 heavy (non-hydrogen) atoms. The molecule has 0 aliphatic heterocycles. The molecule has 0 saturated carbocycles. The highest BCUT2D eigenvalue weighted by Gasteiger charge is 2.12. The minimum absolute atomic E-state index is 0.0204. The average Bonchev–Trinajstić information content (AvgIpc) is 2.28. The number of benzene rings is 1. The second-order valence-corrected chi connectivity index (χ2v) is 4.43. The monoisotopic (exact) mass is 301 g/mol. The molecule has 1 rings (SSSR count). The lowest BCUT2D eigenvalue weighted by Gasteiger charge is -2.25. The molecule has 1 aromatic rings. The molecule has 0 heterocycles. The number of nitrogens with two attached hydrogens (primary N) is 1. The van der Waals surface area contributed by atoms with E-state index in [-0.39, 0.29) is 19.0 Å². The minimum Gasteiger partial charge on any atom is -0.395 e. The van der Waals surface area contributed by atoms with Crippen molar-refractivity contribution in [2.75, 3.05) is 31.2 Å². The number of nitrogens with zero attached hydrogens (tertiary/aromatic N) is 1. The lowest BCUT2D eigenvalue weighted by atomic mass is 10.1. The van der Waals surface area contributed by atoms with Gasteiger partial charge in [0.25, 0.3) is 0 Å². The third-order valence-electron chi connectivity index (χ3n) is 2.33. The van der Waals surface area contributed by atoms with Gasteiger partial charge in [-0.3, -0.25) is 5.41 Å². The molecule has 0 unspecified atom stereocenters. The third-order valence-corrected chi connectivity index (χ3v) is 2.82. The standard InChI is InChI=1S/C11H16BrN3O2/c12-8-1-2-10(9(7-8)11(13)14)15(3-5-16)4-6-17/h1-2,7,16-17H,3-6H2,(H3,13,14). The second kappa shape index (κ2) is 6.58. The van der Waals surface area contributed by atoms with Crippen LogP contribution in [0.5, 0.6) is 0 Å². The zero-order valence-electron chi connectivity index (χ0n) is 9.36. The number of nitrogens with one attached hydrogen (secondary N) is 1. The summed E-state index contributed by atoms with van der Waals surface area (Å²) in [4.78, 5) is 1.79. The van der Waals surface area contributed by atoms with Crippen molar-refractivity contribution in [1.29, 1.82) is 5.41 Å². The summed E-state index contributed by atoms with van der Waals surface area (Å²) < 4.78 is 0.833. The number of aliphatic hydroxyl groups is 2. The van der Waals surface area contributed by atoms with Crippen LogP contribution in [0.2, 0.25) is 0 Å². The maximum Gasteiger partial charge on any atom is 0.124 e. The van der Waals surface area contributed by atoms with Crippen LogP contribution in [0.3, 0.4) is 0 Å². The van der Waals surface area contributed by atoms with Gasteiger partial charge >= 0.3 is 0 Å². The van der Waals surface area contributed by atoms with Crippen molar-refractivity contribution >= 4 is 27.5 Å². The lowest BCUT2D eigenvalue weighted by molar-refractivity contribution is 0.281. The van der Waals surface area contributed by atoms with E-state index in [9.17, 15) is 0 Å². The first-order valence-corrected chi connectivity index (χ1v) is 6.00. The molecule has 94 valence electrons. The predicted molar refractivity (Wildman–Crippen MR) is 71.5 cm³/mol. The van der Waals surface area contributed by atoms with E-state index in [2.05, 4.69) is 15.9 Å².